The van der Waals surface area contributed by atoms with Crippen LogP contribution in [0.1, 0.15) is 35.6 Å². The van der Waals surface area contributed by atoms with Gasteiger partial charge in [-0.15, -0.1) is 11.8 Å². The van der Waals surface area contributed by atoms with Gasteiger partial charge in [0, 0.05) is 42.0 Å². The summed E-state index contributed by atoms with van der Waals surface area (Å²) in [5, 5.41) is 14.4. The summed E-state index contributed by atoms with van der Waals surface area (Å²) in [5.41, 5.74) is 1.52. The molecular formula is C31H32F2N4O6S. The lowest BCUT2D eigenvalue weighted by Gasteiger charge is -2.55. The van der Waals surface area contributed by atoms with Crippen LogP contribution in [0.15, 0.2) is 65.0 Å². The van der Waals surface area contributed by atoms with Crippen molar-refractivity contribution in [1.82, 2.24) is 19.8 Å². The smallest absolute Gasteiger partial charge is 0.431 e. The van der Waals surface area contributed by atoms with Crippen LogP contribution in [0, 0.1) is 11.6 Å². The number of aliphatic hydroxyl groups excluding tert-OH is 1. The molecule has 0 radical (unpaired) electrons. The third-order valence-electron chi connectivity index (χ3n) is 8.76. The van der Waals surface area contributed by atoms with Crippen molar-refractivity contribution in [3.05, 3.63) is 88.5 Å². The fourth-order valence-corrected chi connectivity index (χ4v) is 7.62. The summed E-state index contributed by atoms with van der Waals surface area (Å²) in [6, 6.07) is 9.61. The van der Waals surface area contributed by atoms with Gasteiger partial charge in [-0.2, -0.15) is 5.01 Å². The van der Waals surface area contributed by atoms with E-state index < -0.39 is 42.0 Å². The predicted octanol–water partition coefficient (Wildman–Crippen LogP) is 3.72. The van der Waals surface area contributed by atoms with Crippen LogP contribution < -0.4 is 0 Å². The number of rotatable bonds is 3. The number of hydrogen-bond acceptors (Lipinski definition) is 10. The van der Waals surface area contributed by atoms with E-state index in [1.807, 2.05) is 36.3 Å². The third kappa shape index (κ3) is 5.06. The molecule has 10 nitrogen and oxygen atoms in total. The van der Waals surface area contributed by atoms with Crippen molar-refractivity contribution >= 4 is 23.8 Å². The SMILES string of the molecule is CN1CCC(OC(=O)OC2=C3C(=O)N4CCOC[C@H]4N([C@@H]4c5ccccc5SCc5c4ccc(F)c5F)N3C=CC2O)CC1. The molecule has 1 unspecified atom stereocenters. The molecule has 2 aromatic carbocycles. The third-order valence-corrected chi connectivity index (χ3v) is 9.88. The Morgan fingerprint density at radius 3 is 2.70 bits per heavy atom. The molecule has 7 rings (SSSR count). The fourth-order valence-electron chi connectivity index (χ4n) is 6.51. The molecule has 0 bridgehead atoms. The van der Waals surface area contributed by atoms with Crippen molar-refractivity contribution in [1.29, 1.82) is 0 Å². The van der Waals surface area contributed by atoms with E-state index in [0.29, 0.717) is 18.4 Å². The Kier molecular flexibility index (Phi) is 7.83. The van der Waals surface area contributed by atoms with Gasteiger partial charge < -0.3 is 29.1 Å². The van der Waals surface area contributed by atoms with Crippen LogP contribution in [-0.4, -0.2) is 95.3 Å². The lowest BCUT2D eigenvalue weighted by Crippen LogP contribution is -2.68. The van der Waals surface area contributed by atoms with Gasteiger partial charge in [-0.1, -0.05) is 24.3 Å². The number of halogens is 2. The number of aliphatic hydroxyl groups is 1. The second-order valence-corrected chi connectivity index (χ2v) is 12.4. The Balaban J connectivity index is 1.33. The Bertz CT molecular complexity index is 1550. The van der Waals surface area contributed by atoms with E-state index in [1.165, 1.54) is 17.8 Å². The summed E-state index contributed by atoms with van der Waals surface area (Å²) >= 11 is 1.41. The number of morpholine rings is 1. The van der Waals surface area contributed by atoms with E-state index in [-0.39, 0.29) is 48.6 Å². The highest BCUT2D eigenvalue weighted by Crippen LogP contribution is 2.47. The zero-order valence-electron chi connectivity index (χ0n) is 24.0. The average molecular weight is 627 g/mol. The molecular weight excluding hydrogens is 594 g/mol. The largest absolute Gasteiger partial charge is 0.513 e. The van der Waals surface area contributed by atoms with Crippen molar-refractivity contribution < 1.29 is 37.7 Å². The highest BCUT2D eigenvalue weighted by molar-refractivity contribution is 7.98. The monoisotopic (exact) mass is 626 g/mol. The fraction of sp³-hybridized carbons (Fsp3) is 0.419. The number of carbonyl (C=O) groups excluding carboxylic acids is 2. The van der Waals surface area contributed by atoms with Gasteiger partial charge >= 0.3 is 6.16 Å². The van der Waals surface area contributed by atoms with Crippen molar-refractivity contribution in [2.75, 3.05) is 39.9 Å². The Morgan fingerprint density at radius 2 is 1.89 bits per heavy atom. The van der Waals surface area contributed by atoms with Crippen molar-refractivity contribution in [3.63, 3.8) is 0 Å². The number of fused-ring (bicyclic) bond motifs is 4. The van der Waals surface area contributed by atoms with Crippen LogP contribution in [0.2, 0.25) is 0 Å². The molecule has 3 saturated heterocycles. The van der Waals surface area contributed by atoms with Crippen LogP contribution in [0.3, 0.4) is 0 Å². The summed E-state index contributed by atoms with van der Waals surface area (Å²) < 4.78 is 47.0. The summed E-state index contributed by atoms with van der Waals surface area (Å²) in [6.45, 7) is 2.20. The molecule has 1 amide bonds. The maximum absolute atomic E-state index is 15.4. The number of likely N-dealkylation sites (tertiary alicyclic amines) is 1. The number of amides is 1. The lowest BCUT2D eigenvalue weighted by atomic mass is 9.92. The first-order valence-corrected chi connectivity index (χ1v) is 15.6. The Labute approximate surface area is 257 Å². The van der Waals surface area contributed by atoms with Gasteiger partial charge in [0.05, 0.1) is 19.3 Å². The molecule has 0 spiro atoms. The standard InChI is InChI=1S/C31H32F2N4O6S/c1-34-11-8-18(9-12-34)42-31(40)43-29-23(38)10-13-36-28(29)30(39)35-14-15-41-16-25(35)37(36)27-19-6-7-22(32)26(33)21(19)17-44-24-5-3-2-4-20(24)27/h2-7,10,13,18,23,25,27,38H,8-9,11-12,14-17H2,1H3/t23?,25-,27+/m1/s1. The second kappa shape index (κ2) is 11.8. The number of carbonyl (C=O) groups is 2. The molecule has 0 aliphatic carbocycles. The molecule has 5 aliphatic heterocycles. The summed E-state index contributed by atoms with van der Waals surface area (Å²) in [6.07, 6.45) is 0.849. The van der Waals surface area contributed by atoms with Gasteiger partial charge in [0.1, 0.15) is 18.4 Å². The zero-order chi connectivity index (χ0) is 30.5. The van der Waals surface area contributed by atoms with Crippen LogP contribution >= 0.6 is 11.8 Å². The molecule has 3 atom stereocenters. The number of piperidine rings is 1. The molecule has 1 N–H and O–H groups in total. The number of ether oxygens (including phenoxy) is 3. The van der Waals surface area contributed by atoms with Gasteiger partial charge in [0.25, 0.3) is 5.91 Å². The first-order chi connectivity index (χ1) is 21.3. The minimum Gasteiger partial charge on any atom is -0.431 e. The molecule has 13 heteroatoms. The van der Waals surface area contributed by atoms with Crippen molar-refractivity contribution in [2.24, 2.45) is 0 Å². The first-order valence-electron chi connectivity index (χ1n) is 14.6. The molecule has 232 valence electrons. The predicted molar refractivity (Wildman–Crippen MR) is 154 cm³/mol. The normalized spacial score (nSPS) is 26.0. The molecule has 3 fully saturated rings. The first kappa shape index (κ1) is 29.2. The van der Waals surface area contributed by atoms with E-state index in [2.05, 4.69) is 4.90 Å². The maximum Gasteiger partial charge on any atom is 0.513 e. The van der Waals surface area contributed by atoms with E-state index in [4.69, 9.17) is 14.2 Å². The number of thioether (sulfide) groups is 1. The van der Waals surface area contributed by atoms with Gasteiger partial charge in [-0.3, -0.25) is 9.80 Å². The van der Waals surface area contributed by atoms with Crippen LogP contribution in [0.4, 0.5) is 13.6 Å². The lowest BCUT2D eigenvalue weighted by molar-refractivity contribution is -0.190. The highest BCUT2D eigenvalue weighted by atomic mass is 32.2. The van der Waals surface area contributed by atoms with Gasteiger partial charge in [0.2, 0.25) is 0 Å². The van der Waals surface area contributed by atoms with Crippen LogP contribution in [-0.2, 0) is 24.8 Å². The Hall–Kier alpha value is -3.49. The van der Waals surface area contributed by atoms with Crippen molar-refractivity contribution in [2.45, 2.75) is 47.9 Å². The van der Waals surface area contributed by atoms with Gasteiger partial charge in [-0.05, 0) is 49.2 Å². The number of nitrogens with zero attached hydrogens (tertiary/aromatic N) is 4. The summed E-state index contributed by atoms with van der Waals surface area (Å²) in [7, 11) is 1.99. The van der Waals surface area contributed by atoms with E-state index in [0.717, 1.165) is 29.6 Å². The number of hydrogen-bond donors (Lipinski definition) is 1. The van der Waals surface area contributed by atoms with Gasteiger partial charge in [0.15, 0.2) is 23.1 Å². The zero-order valence-corrected chi connectivity index (χ0v) is 24.8. The van der Waals surface area contributed by atoms with E-state index in [9.17, 15) is 19.1 Å². The van der Waals surface area contributed by atoms with Crippen LogP contribution in [0.25, 0.3) is 0 Å². The molecule has 0 aromatic heterocycles. The van der Waals surface area contributed by atoms with Crippen molar-refractivity contribution in [3.8, 4) is 0 Å². The molecule has 5 aliphatic rings. The van der Waals surface area contributed by atoms with Gasteiger partial charge in [-0.25, -0.2) is 13.6 Å². The maximum atomic E-state index is 15.4. The average Bonchev–Trinajstić information content (AvgIpc) is 3.19. The van der Waals surface area contributed by atoms with Crippen LogP contribution in [0.5, 0.6) is 0 Å². The minimum absolute atomic E-state index is 0.0583. The minimum atomic E-state index is -1.40. The topological polar surface area (TPSA) is 95.0 Å². The summed E-state index contributed by atoms with van der Waals surface area (Å²) in [4.78, 5) is 31.7. The molecule has 5 heterocycles. The molecule has 0 saturated carbocycles. The second-order valence-electron chi connectivity index (χ2n) is 11.4. The highest BCUT2D eigenvalue weighted by Gasteiger charge is 2.51. The summed E-state index contributed by atoms with van der Waals surface area (Å²) in [5.74, 6) is -2.36. The number of hydrazine groups is 1. The number of benzene rings is 2. The molecule has 2 aromatic rings. The van der Waals surface area contributed by atoms with E-state index in [1.54, 1.807) is 22.2 Å². The molecule has 44 heavy (non-hydrogen) atoms. The Morgan fingerprint density at radius 1 is 1.09 bits per heavy atom. The quantitative estimate of drug-likeness (QED) is 0.508. The van der Waals surface area contributed by atoms with E-state index >= 15 is 4.39 Å².